The first-order valence-electron chi connectivity index (χ1n) is 6.71. The molecular weight excluding hydrogens is 295 g/mol. The van der Waals surface area contributed by atoms with Crippen LogP contribution in [0.5, 0.6) is 5.75 Å². The number of aryl methyl sites for hydroxylation is 2. The third-order valence-corrected chi connectivity index (χ3v) is 2.92. The molecule has 1 N–H and O–H groups in total. The Hall–Kier alpha value is -2.31. The Morgan fingerprint density at radius 1 is 1.18 bits per heavy atom. The summed E-state index contributed by atoms with van der Waals surface area (Å²) in [4.78, 5) is 8.41. The highest BCUT2D eigenvalue weighted by atomic mass is 19.4. The molecule has 1 aromatic heterocycles. The number of aromatic nitrogens is 2. The van der Waals surface area contributed by atoms with E-state index < -0.39 is 11.7 Å². The summed E-state index contributed by atoms with van der Waals surface area (Å²) in [5.74, 6) is 0.427. The highest BCUT2D eigenvalue weighted by Gasteiger charge is 2.33. The molecule has 0 atom stereocenters. The lowest BCUT2D eigenvalue weighted by Gasteiger charge is -2.14. The molecule has 7 heteroatoms. The maximum Gasteiger partial charge on any atom is 0.419 e. The van der Waals surface area contributed by atoms with Gasteiger partial charge in [-0.25, -0.2) is 4.98 Å². The van der Waals surface area contributed by atoms with Crippen molar-refractivity contribution < 1.29 is 17.9 Å². The summed E-state index contributed by atoms with van der Waals surface area (Å²) in [5.41, 5.74) is 0.708. The Morgan fingerprint density at radius 2 is 1.91 bits per heavy atom. The van der Waals surface area contributed by atoms with Crippen molar-refractivity contribution in [3.8, 4) is 5.75 Å². The van der Waals surface area contributed by atoms with Gasteiger partial charge in [0, 0.05) is 6.20 Å². The molecule has 0 fully saturated rings. The Kier molecular flexibility index (Phi) is 4.85. The number of hydrogen-bond acceptors (Lipinski definition) is 4. The van der Waals surface area contributed by atoms with Crippen molar-refractivity contribution in [3.63, 3.8) is 0 Å². The molecular formula is C15H16F3N3O. The first kappa shape index (κ1) is 16.1. The fourth-order valence-corrected chi connectivity index (χ4v) is 1.86. The first-order chi connectivity index (χ1) is 10.4. The van der Waals surface area contributed by atoms with Crippen LogP contribution in [0.1, 0.15) is 17.0 Å². The number of ether oxygens (including phenoxy) is 1. The minimum Gasteiger partial charge on any atom is -0.491 e. The summed E-state index contributed by atoms with van der Waals surface area (Å²) in [6.07, 6.45) is -2.78. The molecule has 2 rings (SSSR count). The van der Waals surface area contributed by atoms with Crippen LogP contribution in [0.25, 0.3) is 0 Å². The Bertz CT molecular complexity index is 644. The van der Waals surface area contributed by atoms with Gasteiger partial charge in [0.25, 0.3) is 0 Å². The number of halogens is 3. The molecule has 0 saturated carbocycles. The standard InChI is InChI=1S/C15H16F3N3O/c1-10-9-20-11(2)14(21-10)19-7-8-22-13-6-4-3-5-12(13)15(16,17)18/h3-6,9H,7-8H2,1-2H3,(H,19,21). The van der Waals surface area contributed by atoms with Gasteiger partial charge in [-0.15, -0.1) is 0 Å². The first-order valence-corrected chi connectivity index (χ1v) is 6.71. The second-order valence-corrected chi connectivity index (χ2v) is 4.71. The zero-order valence-corrected chi connectivity index (χ0v) is 12.2. The van der Waals surface area contributed by atoms with Gasteiger partial charge in [-0.2, -0.15) is 13.2 Å². The second kappa shape index (κ2) is 6.64. The molecule has 0 spiro atoms. The van der Waals surface area contributed by atoms with E-state index >= 15 is 0 Å². The van der Waals surface area contributed by atoms with Crippen molar-refractivity contribution in [3.05, 3.63) is 47.4 Å². The van der Waals surface area contributed by atoms with E-state index in [-0.39, 0.29) is 12.4 Å². The molecule has 0 saturated heterocycles. The van der Waals surface area contributed by atoms with E-state index in [0.717, 1.165) is 17.5 Å². The minimum absolute atomic E-state index is 0.0855. The number of benzene rings is 1. The summed E-state index contributed by atoms with van der Waals surface area (Å²) in [7, 11) is 0. The Balaban J connectivity index is 1.94. The zero-order chi connectivity index (χ0) is 16.2. The number of para-hydroxylation sites is 1. The summed E-state index contributed by atoms with van der Waals surface area (Å²) < 4.78 is 43.6. The molecule has 0 unspecified atom stereocenters. The molecule has 0 aliphatic rings. The quantitative estimate of drug-likeness (QED) is 0.857. The van der Waals surface area contributed by atoms with Crippen LogP contribution in [0.4, 0.5) is 19.0 Å². The molecule has 118 valence electrons. The van der Waals surface area contributed by atoms with E-state index in [9.17, 15) is 13.2 Å². The number of nitrogens with zero attached hydrogens (tertiary/aromatic N) is 2. The highest BCUT2D eigenvalue weighted by molar-refractivity contribution is 5.39. The number of alkyl halides is 3. The minimum atomic E-state index is -4.43. The molecule has 0 radical (unpaired) electrons. The van der Waals surface area contributed by atoms with Gasteiger partial charge < -0.3 is 10.1 Å². The fourth-order valence-electron chi connectivity index (χ4n) is 1.86. The number of hydrogen-bond donors (Lipinski definition) is 1. The van der Waals surface area contributed by atoms with Gasteiger partial charge in [-0.3, -0.25) is 4.98 Å². The van der Waals surface area contributed by atoms with E-state index in [1.807, 2.05) is 6.92 Å². The SMILES string of the molecule is Cc1cnc(C)c(NCCOc2ccccc2C(F)(F)F)n1. The summed E-state index contributed by atoms with van der Waals surface area (Å²) >= 11 is 0. The monoisotopic (exact) mass is 311 g/mol. The zero-order valence-electron chi connectivity index (χ0n) is 12.2. The average Bonchev–Trinajstić information content (AvgIpc) is 2.46. The normalized spacial score (nSPS) is 11.3. The van der Waals surface area contributed by atoms with Gasteiger partial charge in [0.05, 0.1) is 23.5 Å². The van der Waals surface area contributed by atoms with Crippen LogP contribution in [0.15, 0.2) is 30.5 Å². The van der Waals surface area contributed by atoms with E-state index in [4.69, 9.17) is 4.74 Å². The van der Waals surface area contributed by atoms with Gasteiger partial charge in [0.15, 0.2) is 0 Å². The molecule has 0 aliphatic heterocycles. The topological polar surface area (TPSA) is 47.0 Å². The van der Waals surface area contributed by atoms with Gasteiger partial charge >= 0.3 is 6.18 Å². The lowest BCUT2D eigenvalue weighted by Crippen LogP contribution is -2.16. The van der Waals surface area contributed by atoms with E-state index in [2.05, 4.69) is 15.3 Å². The second-order valence-electron chi connectivity index (χ2n) is 4.71. The van der Waals surface area contributed by atoms with Crippen molar-refractivity contribution in [2.45, 2.75) is 20.0 Å². The summed E-state index contributed by atoms with van der Waals surface area (Å²) in [5, 5.41) is 3.00. The van der Waals surface area contributed by atoms with Crippen LogP contribution in [0.2, 0.25) is 0 Å². The van der Waals surface area contributed by atoms with Crippen LogP contribution >= 0.6 is 0 Å². The molecule has 1 heterocycles. The predicted octanol–water partition coefficient (Wildman–Crippen LogP) is 3.60. The smallest absolute Gasteiger partial charge is 0.419 e. The number of nitrogens with one attached hydrogen (secondary N) is 1. The average molecular weight is 311 g/mol. The van der Waals surface area contributed by atoms with Gasteiger partial charge in [-0.1, -0.05) is 12.1 Å². The molecule has 0 aliphatic carbocycles. The summed E-state index contributed by atoms with van der Waals surface area (Å²) in [6, 6.07) is 5.15. The van der Waals surface area contributed by atoms with Crippen LogP contribution in [-0.2, 0) is 6.18 Å². The predicted molar refractivity (Wildman–Crippen MR) is 76.9 cm³/mol. The maximum absolute atomic E-state index is 12.8. The van der Waals surface area contributed by atoms with Crippen molar-refractivity contribution in [1.82, 2.24) is 9.97 Å². The highest BCUT2D eigenvalue weighted by Crippen LogP contribution is 2.35. The molecule has 4 nitrogen and oxygen atoms in total. The molecule has 0 bridgehead atoms. The van der Waals surface area contributed by atoms with E-state index in [0.29, 0.717) is 12.4 Å². The molecule has 22 heavy (non-hydrogen) atoms. The van der Waals surface area contributed by atoms with Crippen LogP contribution in [-0.4, -0.2) is 23.1 Å². The summed E-state index contributed by atoms with van der Waals surface area (Å²) in [6.45, 7) is 4.02. The largest absolute Gasteiger partial charge is 0.491 e. The van der Waals surface area contributed by atoms with Crippen molar-refractivity contribution in [2.24, 2.45) is 0 Å². The van der Waals surface area contributed by atoms with Crippen molar-refractivity contribution >= 4 is 5.82 Å². The fraction of sp³-hybridized carbons (Fsp3) is 0.333. The van der Waals surface area contributed by atoms with Crippen molar-refractivity contribution in [1.29, 1.82) is 0 Å². The third kappa shape index (κ3) is 4.09. The van der Waals surface area contributed by atoms with Gasteiger partial charge in [0.1, 0.15) is 18.2 Å². The van der Waals surface area contributed by atoms with E-state index in [1.165, 1.54) is 18.2 Å². The molecule has 2 aromatic rings. The van der Waals surface area contributed by atoms with Crippen LogP contribution in [0.3, 0.4) is 0 Å². The molecule has 0 amide bonds. The lowest BCUT2D eigenvalue weighted by atomic mass is 10.2. The van der Waals surface area contributed by atoms with E-state index in [1.54, 1.807) is 13.1 Å². The molecule has 1 aromatic carbocycles. The maximum atomic E-state index is 12.8. The van der Waals surface area contributed by atoms with Crippen LogP contribution < -0.4 is 10.1 Å². The van der Waals surface area contributed by atoms with Gasteiger partial charge in [0.2, 0.25) is 0 Å². The Labute approximate surface area is 126 Å². The number of rotatable bonds is 5. The Morgan fingerprint density at radius 3 is 2.64 bits per heavy atom. The third-order valence-electron chi connectivity index (χ3n) is 2.92. The van der Waals surface area contributed by atoms with Gasteiger partial charge in [-0.05, 0) is 26.0 Å². The number of anilines is 1. The van der Waals surface area contributed by atoms with Crippen molar-refractivity contribution in [2.75, 3.05) is 18.5 Å². The lowest BCUT2D eigenvalue weighted by molar-refractivity contribution is -0.138. The van der Waals surface area contributed by atoms with Crippen LogP contribution in [0, 0.1) is 13.8 Å².